The van der Waals surface area contributed by atoms with E-state index in [4.69, 9.17) is 4.74 Å². The number of anilines is 1. The molecule has 1 amide bonds. The molecule has 0 saturated carbocycles. The Bertz CT molecular complexity index is 805. The maximum absolute atomic E-state index is 12.0. The molecule has 8 nitrogen and oxygen atoms in total. The third-order valence-electron chi connectivity index (χ3n) is 5.05. The van der Waals surface area contributed by atoms with Crippen LogP contribution in [0.25, 0.3) is 0 Å². The van der Waals surface area contributed by atoms with Gasteiger partial charge in [-0.1, -0.05) is 6.92 Å². The van der Waals surface area contributed by atoms with Crippen LogP contribution in [0.1, 0.15) is 30.1 Å². The predicted molar refractivity (Wildman–Crippen MR) is 115 cm³/mol. The lowest BCUT2D eigenvalue weighted by atomic mass is 10.1. The highest BCUT2D eigenvalue weighted by Gasteiger charge is 2.18. The quantitative estimate of drug-likeness (QED) is 0.471. The number of benzene rings is 1. The highest BCUT2D eigenvalue weighted by atomic mass is 16.5. The van der Waals surface area contributed by atoms with E-state index in [2.05, 4.69) is 25.1 Å². The molecule has 2 aromatic rings. The van der Waals surface area contributed by atoms with Gasteiger partial charge < -0.3 is 15.0 Å². The number of nitrogens with zero attached hydrogens (tertiary/aromatic N) is 4. The maximum atomic E-state index is 12.0. The second kappa shape index (κ2) is 11.3. The van der Waals surface area contributed by atoms with Gasteiger partial charge in [0, 0.05) is 57.1 Å². The molecule has 1 aromatic carbocycles. The van der Waals surface area contributed by atoms with E-state index in [9.17, 15) is 9.59 Å². The van der Waals surface area contributed by atoms with Crippen molar-refractivity contribution in [3.63, 3.8) is 0 Å². The van der Waals surface area contributed by atoms with Crippen LogP contribution in [0.3, 0.4) is 0 Å². The van der Waals surface area contributed by atoms with Crippen LogP contribution in [-0.2, 0) is 4.79 Å². The number of rotatable bonds is 10. The van der Waals surface area contributed by atoms with Crippen molar-refractivity contribution < 1.29 is 14.3 Å². The monoisotopic (exact) mass is 411 g/mol. The summed E-state index contributed by atoms with van der Waals surface area (Å²) in [6.45, 7) is 7.11. The molecule has 1 N–H and O–H groups in total. The summed E-state index contributed by atoms with van der Waals surface area (Å²) in [6, 6.07) is 8.71. The number of piperazine rings is 1. The van der Waals surface area contributed by atoms with Crippen LogP contribution in [0.15, 0.2) is 42.7 Å². The highest BCUT2D eigenvalue weighted by molar-refractivity contribution is 5.95. The summed E-state index contributed by atoms with van der Waals surface area (Å²) in [5.74, 6) is 1.32. The van der Waals surface area contributed by atoms with E-state index in [1.807, 2.05) is 13.0 Å². The molecule has 1 aliphatic rings. The average Bonchev–Trinajstić information content (AvgIpc) is 2.81. The van der Waals surface area contributed by atoms with E-state index in [1.165, 1.54) is 0 Å². The van der Waals surface area contributed by atoms with Gasteiger partial charge in [0.15, 0.2) is 12.4 Å². The molecular weight excluding hydrogens is 382 g/mol. The van der Waals surface area contributed by atoms with Crippen molar-refractivity contribution in [3.05, 3.63) is 48.3 Å². The third kappa shape index (κ3) is 6.52. The fourth-order valence-electron chi connectivity index (χ4n) is 3.30. The molecule has 0 spiro atoms. The lowest BCUT2D eigenvalue weighted by Crippen LogP contribution is -2.47. The Balaban J connectivity index is 1.27. The van der Waals surface area contributed by atoms with Gasteiger partial charge in [0.05, 0.1) is 0 Å². The third-order valence-corrected chi connectivity index (χ3v) is 5.05. The Kier molecular flexibility index (Phi) is 8.14. The molecule has 1 aliphatic heterocycles. The molecule has 0 bridgehead atoms. The Hall–Kier alpha value is -3.00. The van der Waals surface area contributed by atoms with Gasteiger partial charge in [-0.2, -0.15) is 0 Å². The standard InChI is InChI=1S/C22H29N5O3/c1-2-20(28)18-5-7-19(8-6-18)30-17-21(29)23-11-4-12-26-13-15-27(16-14-26)22-24-9-3-10-25-22/h3,5-10H,2,4,11-17H2,1H3,(H,23,29). The summed E-state index contributed by atoms with van der Waals surface area (Å²) in [4.78, 5) is 36.8. The first-order valence-electron chi connectivity index (χ1n) is 10.4. The number of hydrogen-bond acceptors (Lipinski definition) is 7. The molecule has 1 aromatic heterocycles. The minimum absolute atomic E-state index is 0.0309. The summed E-state index contributed by atoms with van der Waals surface area (Å²) in [5.41, 5.74) is 0.659. The van der Waals surface area contributed by atoms with Gasteiger partial charge in [0.2, 0.25) is 5.95 Å². The fraction of sp³-hybridized carbons (Fsp3) is 0.455. The number of Topliss-reactive ketones (excluding diaryl/α,β-unsaturated/α-hetero) is 1. The van der Waals surface area contributed by atoms with Crippen LogP contribution >= 0.6 is 0 Å². The van der Waals surface area contributed by atoms with Gasteiger partial charge in [-0.05, 0) is 43.3 Å². The van der Waals surface area contributed by atoms with Crippen LogP contribution in [0, 0.1) is 0 Å². The predicted octanol–water partition coefficient (Wildman–Crippen LogP) is 1.78. The van der Waals surface area contributed by atoms with Crippen LogP contribution in [0.5, 0.6) is 5.75 Å². The van der Waals surface area contributed by atoms with Gasteiger partial charge in [-0.25, -0.2) is 9.97 Å². The number of ether oxygens (including phenoxy) is 1. The minimum atomic E-state index is -0.144. The van der Waals surface area contributed by atoms with Crippen molar-refractivity contribution in [2.75, 3.05) is 50.8 Å². The lowest BCUT2D eigenvalue weighted by molar-refractivity contribution is -0.123. The topological polar surface area (TPSA) is 87.7 Å². The van der Waals surface area contributed by atoms with Gasteiger partial charge in [0.25, 0.3) is 5.91 Å². The van der Waals surface area contributed by atoms with Crippen LogP contribution < -0.4 is 15.0 Å². The van der Waals surface area contributed by atoms with E-state index >= 15 is 0 Å². The molecule has 0 aliphatic carbocycles. The van der Waals surface area contributed by atoms with Crippen LogP contribution in [0.2, 0.25) is 0 Å². The number of amides is 1. The maximum Gasteiger partial charge on any atom is 0.257 e. The van der Waals surface area contributed by atoms with Crippen molar-refractivity contribution in [3.8, 4) is 5.75 Å². The molecular formula is C22H29N5O3. The van der Waals surface area contributed by atoms with Crippen molar-refractivity contribution in [2.24, 2.45) is 0 Å². The Morgan fingerprint density at radius 3 is 2.43 bits per heavy atom. The van der Waals surface area contributed by atoms with Crippen LogP contribution in [-0.4, -0.2) is 72.4 Å². The van der Waals surface area contributed by atoms with E-state index in [0.29, 0.717) is 24.3 Å². The number of carbonyl (C=O) groups is 2. The normalized spacial score (nSPS) is 14.4. The number of nitrogens with one attached hydrogen (secondary N) is 1. The number of ketones is 1. The van der Waals surface area contributed by atoms with Gasteiger partial charge >= 0.3 is 0 Å². The van der Waals surface area contributed by atoms with Crippen molar-refractivity contribution in [2.45, 2.75) is 19.8 Å². The molecule has 160 valence electrons. The van der Waals surface area contributed by atoms with Gasteiger partial charge in [-0.3, -0.25) is 14.5 Å². The Labute approximate surface area is 177 Å². The molecule has 3 rings (SSSR count). The first-order valence-corrected chi connectivity index (χ1v) is 10.4. The van der Waals surface area contributed by atoms with Gasteiger partial charge in [-0.15, -0.1) is 0 Å². The summed E-state index contributed by atoms with van der Waals surface area (Å²) in [5, 5.41) is 2.89. The minimum Gasteiger partial charge on any atom is -0.484 e. The SMILES string of the molecule is CCC(=O)c1ccc(OCC(=O)NCCCN2CCN(c3ncccn3)CC2)cc1. The van der Waals surface area contributed by atoms with Gasteiger partial charge in [0.1, 0.15) is 5.75 Å². The molecule has 0 atom stereocenters. The largest absolute Gasteiger partial charge is 0.484 e. The van der Waals surface area contributed by atoms with E-state index in [-0.39, 0.29) is 18.3 Å². The highest BCUT2D eigenvalue weighted by Crippen LogP contribution is 2.13. The molecule has 1 saturated heterocycles. The summed E-state index contributed by atoms with van der Waals surface area (Å²) in [6.07, 6.45) is 4.90. The van der Waals surface area contributed by atoms with Crippen molar-refractivity contribution in [1.29, 1.82) is 0 Å². The smallest absolute Gasteiger partial charge is 0.257 e. The van der Waals surface area contributed by atoms with Crippen molar-refractivity contribution in [1.82, 2.24) is 20.2 Å². The molecule has 0 radical (unpaired) electrons. The Morgan fingerprint density at radius 1 is 1.07 bits per heavy atom. The zero-order valence-electron chi connectivity index (χ0n) is 17.4. The molecule has 2 heterocycles. The van der Waals surface area contributed by atoms with Crippen molar-refractivity contribution >= 4 is 17.6 Å². The number of hydrogen-bond donors (Lipinski definition) is 1. The molecule has 1 fully saturated rings. The van der Waals surface area contributed by atoms with Crippen LogP contribution in [0.4, 0.5) is 5.95 Å². The number of aromatic nitrogens is 2. The first kappa shape index (κ1) is 21.7. The second-order valence-corrected chi connectivity index (χ2v) is 7.17. The zero-order chi connectivity index (χ0) is 21.2. The van der Waals surface area contributed by atoms with E-state index < -0.39 is 0 Å². The summed E-state index contributed by atoms with van der Waals surface area (Å²) >= 11 is 0. The average molecular weight is 412 g/mol. The summed E-state index contributed by atoms with van der Waals surface area (Å²) < 4.78 is 5.49. The summed E-state index contributed by atoms with van der Waals surface area (Å²) in [7, 11) is 0. The van der Waals surface area contributed by atoms with E-state index in [1.54, 1.807) is 36.7 Å². The second-order valence-electron chi connectivity index (χ2n) is 7.17. The fourth-order valence-corrected chi connectivity index (χ4v) is 3.30. The molecule has 8 heteroatoms. The zero-order valence-corrected chi connectivity index (χ0v) is 17.4. The molecule has 0 unspecified atom stereocenters. The molecule has 30 heavy (non-hydrogen) atoms. The van der Waals surface area contributed by atoms with E-state index in [0.717, 1.165) is 45.1 Å². The number of carbonyl (C=O) groups excluding carboxylic acids is 2. The first-order chi connectivity index (χ1) is 14.7. The Morgan fingerprint density at radius 2 is 1.77 bits per heavy atom. The lowest BCUT2D eigenvalue weighted by Gasteiger charge is -2.34.